The van der Waals surface area contributed by atoms with Crippen LogP contribution in [0.2, 0.25) is 0 Å². The van der Waals surface area contributed by atoms with E-state index in [0.29, 0.717) is 10.9 Å². The summed E-state index contributed by atoms with van der Waals surface area (Å²) in [6.07, 6.45) is -0.637. The van der Waals surface area contributed by atoms with Gasteiger partial charge < -0.3 is 9.84 Å². The summed E-state index contributed by atoms with van der Waals surface area (Å²) in [4.78, 5) is 0. The van der Waals surface area contributed by atoms with Crippen molar-refractivity contribution in [3.63, 3.8) is 0 Å². The van der Waals surface area contributed by atoms with E-state index in [1.807, 2.05) is 66.7 Å². The van der Waals surface area contributed by atoms with Crippen LogP contribution < -0.4 is 4.74 Å². The molecule has 4 aromatic rings. The van der Waals surface area contributed by atoms with Gasteiger partial charge in [-0.05, 0) is 45.5 Å². The number of hydrogen-bond acceptors (Lipinski definition) is 6. The normalized spacial score (nSPS) is 12.2. The molecule has 0 spiro atoms. The molecular weight excluding hydrogens is 360 g/mol. The summed E-state index contributed by atoms with van der Waals surface area (Å²) in [5.41, 5.74) is 0.881. The van der Waals surface area contributed by atoms with Crippen molar-refractivity contribution in [3.8, 4) is 11.4 Å². The molecule has 4 rings (SSSR count). The summed E-state index contributed by atoms with van der Waals surface area (Å²) in [5.74, 6) is 1.17. The quantitative estimate of drug-likeness (QED) is 0.497. The Balaban J connectivity index is 1.33. The highest BCUT2D eigenvalue weighted by molar-refractivity contribution is 7.99. The Morgan fingerprint density at radius 2 is 1.74 bits per heavy atom. The molecule has 6 nitrogen and oxygen atoms in total. The maximum atomic E-state index is 10.3. The zero-order chi connectivity index (χ0) is 18.5. The molecule has 0 fully saturated rings. The van der Waals surface area contributed by atoms with Crippen LogP contribution in [0.4, 0.5) is 0 Å². The fourth-order valence-corrected chi connectivity index (χ4v) is 3.46. The second kappa shape index (κ2) is 8.20. The molecule has 0 saturated heterocycles. The summed E-state index contributed by atoms with van der Waals surface area (Å²) < 4.78 is 7.39. The van der Waals surface area contributed by atoms with Crippen LogP contribution in [0.5, 0.6) is 5.75 Å². The molecule has 136 valence electrons. The minimum atomic E-state index is -0.637. The van der Waals surface area contributed by atoms with Gasteiger partial charge in [-0.1, -0.05) is 60.3 Å². The monoisotopic (exact) mass is 378 g/mol. The van der Waals surface area contributed by atoms with Gasteiger partial charge in [0.15, 0.2) is 0 Å². The van der Waals surface area contributed by atoms with Gasteiger partial charge >= 0.3 is 0 Å². The summed E-state index contributed by atoms with van der Waals surface area (Å²) in [7, 11) is 0. The molecule has 27 heavy (non-hydrogen) atoms. The number of aromatic nitrogens is 4. The summed E-state index contributed by atoms with van der Waals surface area (Å²) in [5, 5.41) is 24.9. The predicted octanol–water partition coefficient (Wildman–Crippen LogP) is 3.35. The van der Waals surface area contributed by atoms with Gasteiger partial charge in [-0.15, -0.1) is 5.10 Å². The first kappa shape index (κ1) is 17.5. The maximum absolute atomic E-state index is 10.3. The molecule has 1 aromatic heterocycles. The van der Waals surface area contributed by atoms with Gasteiger partial charge in [0.25, 0.3) is 0 Å². The van der Waals surface area contributed by atoms with Crippen LogP contribution >= 0.6 is 11.8 Å². The number of tetrazole rings is 1. The molecule has 0 radical (unpaired) electrons. The summed E-state index contributed by atoms with van der Waals surface area (Å²) in [6, 6.07) is 23.7. The molecule has 1 unspecified atom stereocenters. The lowest BCUT2D eigenvalue weighted by atomic mass is 10.1. The third-order valence-electron chi connectivity index (χ3n) is 4.01. The SMILES string of the molecule is OC(COc1ccc2ccccc2c1)CSc1nnnn1-c1ccccc1. The first-order valence-electron chi connectivity index (χ1n) is 8.56. The number of ether oxygens (including phenoxy) is 1. The zero-order valence-electron chi connectivity index (χ0n) is 14.5. The van der Waals surface area contributed by atoms with Crippen LogP contribution in [0.25, 0.3) is 16.5 Å². The average Bonchev–Trinajstić information content (AvgIpc) is 3.20. The highest BCUT2D eigenvalue weighted by Gasteiger charge is 2.12. The Morgan fingerprint density at radius 3 is 2.59 bits per heavy atom. The highest BCUT2D eigenvalue weighted by atomic mass is 32.2. The molecule has 1 heterocycles. The van der Waals surface area contributed by atoms with E-state index in [2.05, 4.69) is 21.6 Å². The van der Waals surface area contributed by atoms with Crippen molar-refractivity contribution in [1.82, 2.24) is 20.2 Å². The Bertz CT molecular complexity index is 1020. The molecule has 1 atom stereocenters. The van der Waals surface area contributed by atoms with Crippen LogP contribution in [0.15, 0.2) is 78.0 Å². The van der Waals surface area contributed by atoms with Gasteiger partial charge in [-0.25, -0.2) is 0 Å². The number of nitrogens with zero attached hydrogens (tertiary/aromatic N) is 4. The van der Waals surface area contributed by atoms with Crippen molar-refractivity contribution in [1.29, 1.82) is 0 Å². The summed E-state index contributed by atoms with van der Waals surface area (Å²) >= 11 is 1.39. The van der Waals surface area contributed by atoms with Gasteiger partial charge in [0.2, 0.25) is 5.16 Å². The largest absolute Gasteiger partial charge is 0.491 e. The van der Waals surface area contributed by atoms with Crippen molar-refractivity contribution in [2.75, 3.05) is 12.4 Å². The molecule has 7 heteroatoms. The van der Waals surface area contributed by atoms with Crippen LogP contribution in [-0.4, -0.2) is 43.8 Å². The molecule has 0 aliphatic heterocycles. The van der Waals surface area contributed by atoms with E-state index in [0.717, 1.165) is 22.2 Å². The Kier molecular flexibility index (Phi) is 5.32. The van der Waals surface area contributed by atoms with Crippen molar-refractivity contribution in [2.45, 2.75) is 11.3 Å². The van der Waals surface area contributed by atoms with Crippen molar-refractivity contribution < 1.29 is 9.84 Å². The number of thioether (sulfide) groups is 1. The van der Waals surface area contributed by atoms with E-state index >= 15 is 0 Å². The second-order valence-electron chi connectivity index (χ2n) is 5.99. The molecule has 0 aliphatic rings. The maximum Gasteiger partial charge on any atom is 0.214 e. The first-order valence-corrected chi connectivity index (χ1v) is 9.54. The lowest BCUT2D eigenvalue weighted by Crippen LogP contribution is -2.20. The van der Waals surface area contributed by atoms with Crippen LogP contribution in [-0.2, 0) is 0 Å². The molecule has 0 bridgehead atoms. The zero-order valence-corrected chi connectivity index (χ0v) is 15.3. The Morgan fingerprint density at radius 1 is 0.963 bits per heavy atom. The minimum Gasteiger partial charge on any atom is -0.491 e. The van der Waals surface area contributed by atoms with E-state index < -0.39 is 6.10 Å². The van der Waals surface area contributed by atoms with Gasteiger partial charge in [-0.2, -0.15) is 4.68 Å². The number of hydrogen-bond donors (Lipinski definition) is 1. The van der Waals surface area contributed by atoms with E-state index in [4.69, 9.17) is 4.74 Å². The predicted molar refractivity (Wildman–Crippen MR) is 105 cm³/mol. The van der Waals surface area contributed by atoms with Crippen molar-refractivity contribution >= 4 is 22.5 Å². The smallest absolute Gasteiger partial charge is 0.214 e. The third-order valence-corrected chi connectivity index (χ3v) is 5.07. The van der Waals surface area contributed by atoms with Gasteiger partial charge in [0.05, 0.1) is 11.8 Å². The highest BCUT2D eigenvalue weighted by Crippen LogP contribution is 2.22. The number of fused-ring (bicyclic) bond motifs is 1. The Labute approximate surface area is 160 Å². The molecule has 1 N–H and O–H groups in total. The number of rotatable bonds is 7. The standard InChI is InChI=1S/C20H18N4O2S/c25-18(13-26-19-11-10-15-6-4-5-7-16(15)12-19)14-27-20-21-22-23-24(20)17-8-2-1-3-9-17/h1-12,18,25H,13-14H2. The molecule has 0 amide bonds. The van der Waals surface area contributed by atoms with Crippen molar-refractivity contribution in [3.05, 3.63) is 72.8 Å². The third kappa shape index (κ3) is 4.27. The number of benzene rings is 3. The number of aliphatic hydroxyl groups excluding tert-OH is 1. The van der Waals surface area contributed by atoms with Gasteiger partial charge in [0, 0.05) is 5.75 Å². The van der Waals surface area contributed by atoms with E-state index in [-0.39, 0.29) is 6.61 Å². The Hall–Kier alpha value is -2.90. The van der Waals surface area contributed by atoms with Crippen molar-refractivity contribution in [2.24, 2.45) is 0 Å². The van der Waals surface area contributed by atoms with Crippen LogP contribution in [0.3, 0.4) is 0 Å². The fraction of sp³-hybridized carbons (Fsp3) is 0.150. The van der Waals surface area contributed by atoms with Crippen LogP contribution in [0.1, 0.15) is 0 Å². The van der Waals surface area contributed by atoms with E-state index in [1.54, 1.807) is 4.68 Å². The van der Waals surface area contributed by atoms with E-state index in [9.17, 15) is 5.11 Å². The summed E-state index contributed by atoms with van der Waals surface area (Å²) in [6.45, 7) is 0.207. The van der Waals surface area contributed by atoms with Crippen LogP contribution in [0, 0.1) is 0 Å². The fourth-order valence-electron chi connectivity index (χ4n) is 2.67. The molecular formula is C20H18N4O2S. The lowest BCUT2D eigenvalue weighted by molar-refractivity contribution is 0.126. The molecule has 0 aliphatic carbocycles. The first-order chi connectivity index (χ1) is 13.3. The van der Waals surface area contributed by atoms with Gasteiger partial charge in [0.1, 0.15) is 12.4 Å². The average molecular weight is 378 g/mol. The number of para-hydroxylation sites is 1. The minimum absolute atomic E-state index is 0.207. The van der Waals surface area contributed by atoms with Gasteiger partial charge in [-0.3, -0.25) is 0 Å². The second-order valence-corrected chi connectivity index (χ2v) is 6.98. The van der Waals surface area contributed by atoms with E-state index in [1.165, 1.54) is 11.8 Å². The topological polar surface area (TPSA) is 73.1 Å². The molecule has 0 saturated carbocycles. The number of aliphatic hydroxyl groups is 1. The molecule has 3 aromatic carbocycles. The lowest BCUT2D eigenvalue weighted by Gasteiger charge is -2.12.